The predicted molar refractivity (Wildman–Crippen MR) is 90.0 cm³/mol. The lowest BCUT2D eigenvalue weighted by Crippen LogP contribution is -2.20. The predicted octanol–water partition coefficient (Wildman–Crippen LogP) is 4.77. The van der Waals surface area contributed by atoms with Gasteiger partial charge in [0.15, 0.2) is 5.92 Å². The van der Waals surface area contributed by atoms with Crippen molar-refractivity contribution in [3.8, 4) is 6.07 Å². The lowest BCUT2D eigenvalue weighted by atomic mass is 10.00. The SMILES string of the molecule is Cc1cc(Br)c(NC(=O)C(C#N)c2ccccc2)c(Br)c1. The van der Waals surface area contributed by atoms with Crippen molar-refractivity contribution < 1.29 is 4.79 Å². The van der Waals surface area contributed by atoms with Gasteiger partial charge in [-0.2, -0.15) is 5.26 Å². The topological polar surface area (TPSA) is 52.9 Å². The molecule has 2 aromatic rings. The van der Waals surface area contributed by atoms with Gasteiger partial charge in [0.2, 0.25) is 5.91 Å². The maximum Gasteiger partial charge on any atom is 0.246 e. The van der Waals surface area contributed by atoms with Crippen molar-refractivity contribution in [3.05, 3.63) is 62.5 Å². The zero-order valence-electron chi connectivity index (χ0n) is 11.2. The molecule has 0 aliphatic heterocycles. The highest BCUT2D eigenvalue weighted by Crippen LogP contribution is 2.33. The minimum atomic E-state index is -0.841. The van der Waals surface area contributed by atoms with E-state index >= 15 is 0 Å². The largest absolute Gasteiger partial charge is 0.323 e. The Hall–Kier alpha value is -1.64. The number of hydrogen-bond acceptors (Lipinski definition) is 2. The van der Waals surface area contributed by atoms with Crippen LogP contribution in [0.5, 0.6) is 0 Å². The molecule has 1 N–H and O–H groups in total. The number of rotatable bonds is 3. The first-order valence-corrected chi connectivity index (χ1v) is 7.82. The van der Waals surface area contributed by atoms with Gasteiger partial charge >= 0.3 is 0 Å². The van der Waals surface area contributed by atoms with Crippen LogP contribution in [0.3, 0.4) is 0 Å². The molecule has 0 aromatic heterocycles. The molecule has 1 atom stereocenters. The van der Waals surface area contributed by atoms with E-state index in [4.69, 9.17) is 0 Å². The normalized spacial score (nSPS) is 11.5. The number of nitriles is 1. The highest BCUT2D eigenvalue weighted by Gasteiger charge is 2.21. The van der Waals surface area contributed by atoms with Crippen molar-refractivity contribution in [2.24, 2.45) is 0 Å². The van der Waals surface area contributed by atoms with E-state index in [1.807, 2.05) is 43.3 Å². The number of nitrogens with one attached hydrogen (secondary N) is 1. The van der Waals surface area contributed by atoms with Gasteiger partial charge in [-0.3, -0.25) is 4.79 Å². The van der Waals surface area contributed by atoms with Crippen LogP contribution in [0.25, 0.3) is 0 Å². The van der Waals surface area contributed by atoms with E-state index < -0.39 is 5.92 Å². The van der Waals surface area contributed by atoms with Crippen LogP contribution >= 0.6 is 31.9 Å². The van der Waals surface area contributed by atoms with E-state index in [1.54, 1.807) is 12.1 Å². The van der Waals surface area contributed by atoms with Crippen LogP contribution in [0.2, 0.25) is 0 Å². The second-order valence-electron chi connectivity index (χ2n) is 4.57. The average molecular weight is 408 g/mol. The Kier molecular flexibility index (Phi) is 5.16. The Bertz CT molecular complexity index is 685. The van der Waals surface area contributed by atoms with Crippen LogP contribution in [-0.2, 0) is 4.79 Å². The molecule has 21 heavy (non-hydrogen) atoms. The molecule has 2 rings (SSSR count). The monoisotopic (exact) mass is 406 g/mol. The minimum Gasteiger partial charge on any atom is -0.323 e. The van der Waals surface area contributed by atoms with Crippen LogP contribution in [0.4, 0.5) is 5.69 Å². The summed E-state index contributed by atoms with van der Waals surface area (Å²) in [6, 6.07) is 14.9. The Labute approximate surface area is 140 Å². The molecule has 0 aliphatic carbocycles. The fraction of sp³-hybridized carbons (Fsp3) is 0.125. The maximum atomic E-state index is 12.4. The number of carbonyl (C=O) groups is 1. The Balaban J connectivity index is 2.28. The van der Waals surface area contributed by atoms with E-state index in [0.717, 1.165) is 14.5 Å². The summed E-state index contributed by atoms with van der Waals surface area (Å²) in [6.07, 6.45) is 0. The van der Waals surface area contributed by atoms with Crippen LogP contribution in [0.15, 0.2) is 51.4 Å². The molecular formula is C16H12Br2N2O. The molecule has 2 aromatic carbocycles. The van der Waals surface area contributed by atoms with Crippen molar-refractivity contribution in [2.75, 3.05) is 5.32 Å². The van der Waals surface area contributed by atoms with Gasteiger partial charge in [0.1, 0.15) is 0 Å². The summed E-state index contributed by atoms with van der Waals surface area (Å²) in [7, 11) is 0. The molecule has 0 spiro atoms. The van der Waals surface area contributed by atoms with Crippen molar-refractivity contribution >= 4 is 43.5 Å². The lowest BCUT2D eigenvalue weighted by Gasteiger charge is -2.14. The van der Waals surface area contributed by atoms with Gasteiger partial charge < -0.3 is 5.32 Å². The molecule has 0 heterocycles. The van der Waals surface area contributed by atoms with Gasteiger partial charge in [0.05, 0.1) is 11.8 Å². The molecule has 0 bridgehead atoms. The van der Waals surface area contributed by atoms with E-state index in [9.17, 15) is 10.1 Å². The average Bonchev–Trinajstić information content (AvgIpc) is 2.45. The van der Waals surface area contributed by atoms with Crippen molar-refractivity contribution in [1.29, 1.82) is 5.26 Å². The van der Waals surface area contributed by atoms with Gasteiger partial charge in [0.25, 0.3) is 0 Å². The third-order valence-corrected chi connectivity index (χ3v) is 4.21. The third kappa shape index (κ3) is 3.72. The van der Waals surface area contributed by atoms with Crippen molar-refractivity contribution in [2.45, 2.75) is 12.8 Å². The Morgan fingerprint density at radius 2 is 1.76 bits per heavy atom. The van der Waals surface area contributed by atoms with Gasteiger partial charge in [-0.05, 0) is 62.0 Å². The fourth-order valence-corrected chi connectivity index (χ4v) is 3.56. The number of amides is 1. The number of benzene rings is 2. The molecule has 3 nitrogen and oxygen atoms in total. The fourth-order valence-electron chi connectivity index (χ4n) is 1.94. The molecule has 106 valence electrons. The highest BCUT2D eigenvalue weighted by atomic mass is 79.9. The molecule has 0 aliphatic rings. The molecule has 5 heteroatoms. The van der Waals surface area contributed by atoms with Gasteiger partial charge in [-0.15, -0.1) is 0 Å². The van der Waals surface area contributed by atoms with Crippen molar-refractivity contribution in [1.82, 2.24) is 0 Å². The maximum absolute atomic E-state index is 12.4. The highest BCUT2D eigenvalue weighted by molar-refractivity contribution is 9.11. The lowest BCUT2D eigenvalue weighted by molar-refractivity contribution is -0.116. The summed E-state index contributed by atoms with van der Waals surface area (Å²) in [6.45, 7) is 1.96. The number of nitrogens with zero attached hydrogens (tertiary/aromatic N) is 1. The molecular weight excluding hydrogens is 396 g/mol. The Morgan fingerprint density at radius 1 is 1.19 bits per heavy atom. The van der Waals surface area contributed by atoms with Crippen LogP contribution < -0.4 is 5.32 Å². The second kappa shape index (κ2) is 6.88. The standard InChI is InChI=1S/C16H12Br2N2O/c1-10-7-13(17)15(14(18)8-10)20-16(21)12(9-19)11-5-3-2-4-6-11/h2-8,12H,1H3,(H,20,21). The number of carbonyl (C=O) groups excluding carboxylic acids is 1. The number of hydrogen-bond donors (Lipinski definition) is 1. The summed E-state index contributed by atoms with van der Waals surface area (Å²) in [4.78, 5) is 12.4. The summed E-state index contributed by atoms with van der Waals surface area (Å²) in [5, 5.41) is 12.1. The van der Waals surface area contributed by atoms with Gasteiger partial charge in [0, 0.05) is 8.95 Å². The van der Waals surface area contributed by atoms with E-state index in [1.165, 1.54) is 0 Å². The van der Waals surface area contributed by atoms with Gasteiger partial charge in [-0.25, -0.2) is 0 Å². The number of halogens is 2. The summed E-state index contributed by atoms with van der Waals surface area (Å²) < 4.78 is 1.54. The smallest absolute Gasteiger partial charge is 0.246 e. The quantitative estimate of drug-likeness (QED) is 0.796. The van der Waals surface area contributed by atoms with Gasteiger partial charge in [-0.1, -0.05) is 30.3 Å². The molecule has 1 unspecified atom stereocenters. The molecule has 0 fully saturated rings. The van der Waals surface area contributed by atoms with E-state index in [0.29, 0.717) is 11.3 Å². The number of anilines is 1. The molecule has 1 amide bonds. The summed E-state index contributed by atoms with van der Waals surface area (Å²) >= 11 is 6.85. The molecule has 0 saturated carbocycles. The molecule has 0 saturated heterocycles. The van der Waals surface area contributed by atoms with E-state index in [-0.39, 0.29) is 5.91 Å². The third-order valence-electron chi connectivity index (χ3n) is 2.96. The first-order valence-electron chi connectivity index (χ1n) is 6.24. The first kappa shape index (κ1) is 15.7. The summed E-state index contributed by atoms with van der Waals surface area (Å²) in [5.74, 6) is -1.19. The summed E-state index contributed by atoms with van der Waals surface area (Å²) in [5.41, 5.74) is 2.37. The zero-order chi connectivity index (χ0) is 15.4. The first-order chi connectivity index (χ1) is 10.0. The zero-order valence-corrected chi connectivity index (χ0v) is 14.4. The van der Waals surface area contributed by atoms with Crippen LogP contribution in [-0.4, -0.2) is 5.91 Å². The molecule has 0 radical (unpaired) electrons. The number of aryl methyl sites for hydroxylation is 1. The van der Waals surface area contributed by atoms with Crippen molar-refractivity contribution in [3.63, 3.8) is 0 Å². The van der Waals surface area contributed by atoms with Crippen LogP contribution in [0, 0.1) is 18.3 Å². The van der Waals surface area contributed by atoms with Crippen LogP contribution in [0.1, 0.15) is 17.0 Å². The second-order valence-corrected chi connectivity index (χ2v) is 6.27. The Morgan fingerprint density at radius 3 is 2.29 bits per heavy atom. The van der Waals surface area contributed by atoms with E-state index in [2.05, 4.69) is 37.2 Å². The minimum absolute atomic E-state index is 0.353.